The van der Waals surface area contributed by atoms with Crippen LogP contribution in [-0.2, 0) is 4.79 Å². The Labute approximate surface area is 167 Å². The summed E-state index contributed by atoms with van der Waals surface area (Å²) in [6.45, 7) is 4.13. The first-order chi connectivity index (χ1) is 14.1. The zero-order chi connectivity index (χ0) is 20.2. The van der Waals surface area contributed by atoms with Crippen LogP contribution in [0.15, 0.2) is 48.7 Å². The van der Waals surface area contributed by atoms with Crippen LogP contribution in [0.1, 0.15) is 20.3 Å². The number of Topliss-reactive ketones (excluding diaryl/α,β-unsaturated/α-hetero) is 1. The van der Waals surface area contributed by atoms with Gasteiger partial charge in [0.15, 0.2) is 11.6 Å². The molecule has 0 radical (unpaired) electrons. The van der Waals surface area contributed by atoms with Gasteiger partial charge < -0.3 is 10.1 Å². The van der Waals surface area contributed by atoms with E-state index in [1.807, 2.05) is 56.3 Å². The molecule has 29 heavy (non-hydrogen) atoms. The first kappa shape index (κ1) is 18.7. The lowest BCUT2D eigenvalue weighted by Gasteiger charge is -2.07. The predicted octanol–water partition coefficient (Wildman–Crippen LogP) is 4.09. The molecule has 3 N–H and O–H groups in total. The van der Waals surface area contributed by atoms with Crippen LogP contribution in [-0.4, -0.2) is 37.8 Å². The van der Waals surface area contributed by atoms with Gasteiger partial charge in [0.2, 0.25) is 5.95 Å². The van der Waals surface area contributed by atoms with Crippen LogP contribution in [0.4, 0.5) is 11.6 Å². The molecule has 0 aliphatic rings. The number of H-pyrrole nitrogens is 2. The molecule has 0 aliphatic carbocycles. The van der Waals surface area contributed by atoms with Crippen molar-refractivity contribution in [1.29, 1.82) is 0 Å². The summed E-state index contributed by atoms with van der Waals surface area (Å²) in [5.41, 5.74) is 2.72. The maximum absolute atomic E-state index is 11.8. The SMILES string of the molecule is CC(C)CC(=O)COc1ccc(-c2nc(Nc3ccc4[nH]ncc4c3)n[nH]2)cc1. The van der Waals surface area contributed by atoms with Crippen LogP contribution >= 0.6 is 0 Å². The Morgan fingerprint density at radius 2 is 1.97 bits per heavy atom. The van der Waals surface area contributed by atoms with Crippen molar-refractivity contribution in [3.05, 3.63) is 48.7 Å². The monoisotopic (exact) mass is 390 g/mol. The van der Waals surface area contributed by atoms with E-state index in [1.165, 1.54) is 0 Å². The number of fused-ring (bicyclic) bond motifs is 1. The summed E-state index contributed by atoms with van der Waals surface area (Å²) in [6.07, 6.45) is 2.30. The van der Waals surface area contributed by atoms with Crippen molar-refractivity contribution in [2.45, 2.75) is 20.3 Å². The predicted molar refractivity (Wildman–Crippen MR) is 111 cm³/mol. The molecule has 0 bridgehead atoms. The molecule has 4 aromatic rings. The van der Waals surface area contributed by atoms with Crippen molar-refractivity contribution < 1.29 is 9.53 Å². The Morgan fingerprint density at radius 1 is 1.14 bits per heavy atom. The fourth-order valence-corrected chi connectivity index (χ4v) is 2.98. The number of hydrogen-bond acceptors (Lipinski definition) is 6. The van der Waals surface area contributed by atoms with Crippen molar-refractivity contribution in [1.82, 2.24) is 25.4 Å². The molecular weight excluding hydrogens is 368 g/mol. The maximum Gasteiger partial charge on any atom is 0.246 e. The van der Waals surface area contributed by atoms with Gasteiger partial charge in [-0.2, -0.15) is 10.1 Å². The highest BCUT2D eigenvalue weighted by molar-refractivity contribution is 5.82. The van der Waals surface area contributed by atoms with Gasteiger partial charge in [-0.05, 0) is 48.4 Å². The number of carbonyl (C=O) groups is 1. The number of carbonyl (C=O) groups excluding carboxylic acids is 1. The summed E-state index contributed by atoms with van der Waals surface area (Å²) in [6, 6.07) is 13.3. The molecule has 0 aliphatic heterocycles. The van der Waals surface area contributed by atoms with Gasteiger partial charge in [0, 0.05) is 23.1 Å². The molecule has 0 fully saturated rings. The number of aromatic amines is 2. The van der Waals surface area contributed by atoms with Crippen LogP contribution in [0.2, 0.25) is 0 Å². The average Bonchev–Trinajstić information content (AvgIpc) is 3.35. The highest BCUT2D eigenvalue weighted by Crippen LogP contribution is 2.23. The zero-order valence-corrected chi connectivity index (χ0v) is 16.3. The minimum absolute atomic E-state index is 0.0922. The van der Waals surface area contributed by atoms with Crippen molar-refractivity contribution in [3.8, 4) is 17.1 Å². The van der Waals surface area contributed by atoms with E-state index in [9.17, 15) is 4.79 Å². The van der Waals surface area contributed by atoms with Gasteiger partial charge in [-0.25, -0.2) is 0 Å². The molecule has 4 rings (SSSR count). The number of anilines is 2. The quantitative estimate of drug-likeness (QED) is 0.418. The largest absolute Gasteiger partial charge is 0.486 e. The lowest BCUT2D eigenvalue weighted by Crippen LogP contribution is -2.13. The number of aromatic nitrogens is 5. The van der Waals surface area contributed by atoms with Crippen molar-refractivity contribution in [2.24, 2.45) is 5.92 Å². The van der Waals surface area contributed by atoms with E-state index in [-0.39, 0.29) is 12.4 Å². The van der Waals surface area contributed by atoms with E-state index in [1.54, 1.807) is 6.20 Å². The van der Waals surface area contributed by atoms with Crippen molar-refractivity contribution in [2.75, 3.05) is 11.9 Å². The molecule has 0 atom stereocenters. The topological polar surface area (TPSA) is 109 Å². The number of benzene rings is 2. The van der Waals surface area contributed by atoms with E-state index >= 15 is 0 Å². The minimum atomic E-state index is 0.0922. The standard InChI is InChI=1S/C21H22N6O2/c1-13(2)9-17(28)12-29-18-6-3-14(4-7-18)20-24-21(27-26-20)23-16-5-8-19-15(10-16)11-22-25-19/h3-8,10-11,13H,9,12H2,1-2H3,(H,22,25)(H2,23,24,26,27). The molecule has 148 valence electrons. The first-order valence-corrected chi connectivity index (χ1v) is 9.44. The number of rotatable bonds is 8. The van der Waals surface area contributed by atoms with E-state index in [0.717, 1.165) is 22.2 Å². The number of hydrogen-bond donors (Lipinski definition) is 3. The van der Waals surface area contributed by atoms with Gasteiger partial charge in [0.05, 0.1) is 11.7 Å². The molecule has 0 spiro atoms. The zero-order valence-electron chi connectivity index (χ0n) is 16.3. The second-order valence-electron chi connectivity index (χ2n) is 7.25. The van der Waals surface area contributed by atoms with Gasteiger partial charge >= 0.3 is 0 Å². The second-order valence-corrected chi connectivity index (χ2v) is 7.25. The molecule has 8 nitrogen and oxygen atoms in total. The van der Waals surface area contributed by atoms with E-state index in [2.05, 4.69) is 30.7 Å². The van der Waals surface area contributed by atoms with Crippen LogP contribution in [0.5, 0.6) is 5.75 Å². The van der Waals surface area contributed by atoms with Crippen LogP contribution in [0, 0.1) is 5.92 Å². The maximum atomic E-state index is 11.8. The van der Waals surface area contributed by atoms with Crippen molar-refractivity contribution in [3.63, 3.8) is 0 Å². The van der Waals surface area contributed by atoms with Gasteiger partial charge in [-0.3, -0.25) is 15.0 Å². The van der Waals surface area contributed by atoms with E-state index in [4.69, 9.17) is 4.74 Å². The molecule has 0 saturated carbocycles. The second kappa shape index (κ2) is 8.14. The van der Waals surface area contributed by atoms with E-state index in [0.29, 0.717) is 29.9 Å². The number of nitrogens with one attached hydrogen (secondary N) is 3. The molecule has 8 heteroatoms. The number of nitrogens with zero attached hydrogens (tertiary/aromatic N) is 3. The molecule has 0 saturated heterocycles. The normalized spacial score (nSPS) is 11.1. The molecule has 0 unspecified atom stereocenters. The summed E-state index contributed by atoms with van der Waals surface area (Å²) >= 11 is 0. The summed E-state index contributed by atoms with van der Waals surface area (Å²) in [7, 11) is 0. The molecule has 2 aromatic carbocycles. The molecule has 0 amide bonds. The Morgan fingerprint density at radius 3 is 2.76 bits per heavy atom. The molecule has 2 aromatic heterocycles. The summed E-state index contributed by atoms with van der Waals surface area (Å²) in [4.78, 5) is 16.2. The molecular formula is C21H22N6O2. The van der Waals surface area contributed by atoms with Crippen LogP contribution in [0.25, 0.3) is 22.3 Å². The minimum Gasteiger partial charge on any atom is -0.486 e. The number of ether oxygens (including phenoxy) is 1. The lowest BCUT2D eigenvalue weighted by atomic mass is 10.1. The third-order valence-corrected chi connectivity index (χ3v) is 4.35. The number of ketones is 1. The summed E-state index contributed by atoms with van der Waals surface area (Å²) < 4.78 is 5.56. The Balaban J connectivity index is 1.39. The van der Waals surface area contributed by atoms with Crippen molar-refractivity contribution >= 4 is 28.3 Å². The fourth-order valence-electron chi connectivity index (χ4n) is 2.98. The Kier molecular flexibility index (Phi) is 5.24. The fraction of sp³-hybridized carbons (Fsp3) is 0.238. The summed E-state index contributed by atoms with van der Waals surface area (Å²) in [5.74, 6) is 2.20. The highest BCUT2D eigenvalue weighted by atomic mass is 16.5. The Hall–Kier alpha value is -3.68. The Bertz CT molecular complexity index is 1110. The average molecular weight is 390 g/mol. The molecule has 2 heterocycles. The first-order valence-electron chi connectivity index (χ1n) is 9.44. The third kappa shape index (κ3) is 4.60. The lowest BCUT2D eigenvalue weighted by molar-refractivity contribution is -0.121. The van der Waals surface area contributed by atoms with Gasteiger partial charge in [0.1, 0.15) is 12.4 Å². The highest BCUT2D eigenvalue weighted by Gasteiger charge is 2.09. The van der Waals surface area contributed by atoms with Gasteiger partial charge in [-0.1, -0.05) is 13.8 Å². The van der Waals surface area contributed by atoms with Gasteiger partial charge in [0.25, 0.3) is 0 Å². The van der Waals surface area contributed by atoms with E-state index < -0.39 is 0 Å². The summed E-state index contributed by atoms with van der Waals surface area (Å²) in [5, 5.41) is 18.3. The van der Waals surface area contributed by atoms with Crippen LogP contribution in [0.3, 0.4) is 0 Å². The van der Waals surface area contributed by atoms with Gasteiger partial charge in [-0.15, -0.1) is 5.10 Å². The third-order valence-electron chi connectivity index (χ3n) is 4.35. The smallest absolute Gasteiger partial charge is 0.246 e. The van der Waals surface area contributed by atoms with Crippen LogP contribution < -0.4 is 10.1 Å².